The molecule has 1 aliphatic heterocycles. The second-order valence-corrected chi connectivity index (χ2v) is 3.29. The van der Waals surface area contributed by atoms with E-state index in [4.69, 9.17) is 9.47 Å². The van der Waals surface area contributed by atoms with Crippen molar-refractivity contribution in [1.29, 1.82) is 0 Å². The van der Waals surface area contributed by atoms with Gasteiger partial charge in [-0.05, 0) is 6.42 Å². The Balaban J connectivity index is 2.36. The van der Waals surface area contributed by atoms with E-state index in [1.807, 2.05) is 0 Å². The van der Waals surface area contributed by atoms with Gasteiger partial charge in [0.2, 0.25) is 0 Å². The molecule has 1 saturated heterocycles. The van der Waals surface area contributed by atoms with Gasteiger partial charge in [0.25, 0.3) is 0 Å². The lowest BCUT2D eigenvalue weighted by Crippen LogP contribution is -2.46. The Morgan fingerprint density at radius 2 is 1.92 bits per heavy atom. The highest BCUT2D eigenvalue weighted by molar-refractivity contribution is 4.88. The predicted molar refractivity (Wildman–Crippen MR) is 50.3 cm³/mol. The first-order valence-corrected chi connectivity index (χ1v) is 4.37. The highest BCUT2D eigenvalue weighted by Gasteiger charge is 2.33. The van der Waals surface area contributed by atoms with Crippen molar-refractivity contribution in [1.82, 2.24) is 0 Å². The maximum atomic E-state index is 9.81. The van der Waals surface area contributed by atoms with Crippen LogP contribution in [0.15, 0.2) is 25.3 Å². The standard InChI is InChI=1S/C10H16O3/c1-3-5-9-12-7-10(11,6-4-2)8-13-9/h3-4,9,11H,1-2,5-8H2. The van der Waals surface area contributed by atoms with E-state index in [2.05, 4.69) is 13.2 Å². The first kappa shape index (κ1) is 10.4. The van der Waals surface area contributed by atoms with E-state index < -0.39 is 5.60 Å². The molecule has 1 rings (SSSR count). The van der Waals surface area contributed by atoms with E-state index in [1.54, 1.807) is 12.2 Å². The second-order valence-electron chi connectivity index (χ2n) is 3.29. The maximum Gasteiger partial charge on any atom is 0.161 e. The molecule has 0 aromatic carbocycles. The molecule has 0 aromatic rings. The highest BCUT2D eigenvalue weighted by Crippen LogP contribution is 2.20. The van der Waals surface area contributed by atoms with Gasteiger partial charge < -0.3 is 14.6 Å². The Morgan fingerprint density at radius 1 is 1.31 bits per heavy atom. The summed E-state index contributed by atoms with van der Waals surface area (Å²) in [5, 5.41) is 9.81. The number of aliphatic hydroxyl groups is 1. The maximum absolute atomic E-state index is 9.81. The Bertz CT molecular complexity index is 181. The average molecular weight is 184 g/mol. The van der Waals surface area contributed by atoms with Crippen LogP contribution in [0, 0.1) is 0 Å². The van der Waals surface area contributed by atoms with Crippen molar-refractivity contribution in [2.45, 2.75) is 24.7 Å². The minimum atomic E-state index is -0.889. The highest BCUT2D eigenvalue weighted by atomic mass is 16.7. The van der Waals surface area contributed by atoms with Crippen LogP contribution >= 0.6 is 0 Å². The quantitative estimate of drug-likeness (QED) is 0.668. The van der Waals surface area contributed by atoms with Gasteiger partial charge in [-0.2, -0.15) is 0 Å². The minimum absolute atomic E-state index is 0.248. The molecule has 0 saturated carbocycles. The predicted octanol–water partition coefficient (Wildman–Crippen LogP) is 1.24. The summed E-state index contributed by atoms with van der Waals surface area (Å²) < 4.78 is 10.6. The molecule has 0 atom stereocenters. The molecule has 3 heteroatoms. The molecule has 0 amide bonds. The Labute approximate surface area is 78.7 Å². The lowest BCUT2D eigenvalue weighted by molar-refractivity contribution is -0.249. The molecule has 0 bridgehead atoms. The average Bonchev–Trinajstić information content (AvgIpc) is 2.10. The third-order valence-electron chi connectivity index (χ3n) is 1.96. The second kappa shape index (κ2) is 4.56. The summed E-state index contributed by atoms with van der Waals surface area (Å²) in [6.07, 6.45) is 4.31. The summed E-state index contributed by atoms with van der Waals surface area (Å²) in [6, 6.07) is 0. The van der Waals surface area contributed by atoms with Crippen molar-refractivity contribution >= 4 is 0 Å². The zero-order valence-corrected chi connectivity index (χ0v) is 7.74. The lowest BCUT2D eigenvalue weighted by Gasteiger charge is -2.35. The van der Waals surface area contributed by atoms with Gasteiger partial charge in [0.1, 0.15) is 5.60 Å². The fourth-order valence-electron chi connectivity index (χ4n) is 1.24. The SMILES string of the molecule is C=CCC1OCC(O)(CC=C)CO1. The van der Waals surface area contributed by atoms with Crippen molar-refractivity contribution in [3.8, 4) is 0 Å². The van der Waals surface area contributed by atoms with Crippen molar-refractivity contribution in [3.05, 3.63) is 25.3 Å². The molecule has 0 aromatic heterocycles. The van der Waals surface area contributed by atoms with Crippen LogP contribution in [0.5, 0.6) is 0 Å². The summed E-state index contributed by atoms with van der Waals surface area (Å²) in [7, 11) is 0. The van der Waals surface area contributed by atoms with Crippen LogP contribution in [0.4, 0.5) is 0 Å². The molecule has 1 N–H and O–H groups in total. The number of hydrogen-bond acceptors (Lipinski definition) is 3. The van der Waals surface area contributed by atoms with Crippen molar-refractivity contribution in [3.63, 3.8) is 0 Å². The van der Waals surface area contributed by atoms with Crippen LogP contribution in [0.25, 0.3) is 0 Å². The Kier molecular flexibility index (Phi) is 3.66. The smallest absolute Gasteiger partial charge is 0.161 e. The molecule has 1 fully saturated rings. The van der Waals surface area contributed by atoms with Gasteiger partial charge in [-0.1, -0.05) is 12.2 Å². The molecular weight excluding hydrogens is 168 g/mol. The fraction of sp³-hybridized carbons (Fsp3) is 0.600. The fourth-order valence-corrected chi connectivity index (χ4v) is 1.24. The van der Waals surface area contributed by atoms with Gasteiger partial charge in [0.05, 0.1) is 13.2 Å². The molecule has 1 heterocycles. The molecular formula is C10H16O3. The lowest BCUT2D eigenvalue weighted by atomic mass is 10.0. The zero-order chi connectivity index (χ0) is 9.73. The molecule has 0 radical (unpaired) electrons. The van der Waals surface area contributed by atoms with E-state index in [-0.39, 0.29) is 6.29 Å². The van der Waals surface area contributed by atoms with Gasteiger partial charge >= 0.3 is 0 Å². The largest absolute Gasteiger partial charge is 0.385 e. The number of ether oxygens (including phenoxy) is 2. The van der Waals surface area contributed by atoms with Crippen molar-refractivity contribution in [2.24, 2.45) is 0 Å². The minimum Gasteiger partial charge on any atom is -0.385 e. The number of hydrogen-bond donors (Lipinski definition) is 1. The molecule has 1 aliphatic rings. The van der Waals surface area contributed by atoms with E-state index in [0.29, 0.717) is 26.1 Å². The number of rotatable bonds is 4. The van der Waals surface area contributed by atoms with E-state index in [0.717, 1.165) is 0 Å². The van der Waals surface area contributed by atoms with Crippen LogP contribution in [0.1, 0.15) is 12.8 Å². The van der Waals surface area contributed by atoms with Crippen molar-refractivity contribution in [2.75, 3.05) is 13.2 Å². The molecule has 0 unspecified atom stereocenters. The summed E-state index contributed by atoms with van der Waals surface area (Å²) in [5.74, 6) is 0. The first-order chi connectivity index (χ1) is 6.20. The van der Waals surface area contributed by atoms with Crippen LogP contribution < -0.4 is 0 Å². The molecule has 0 aliphatic carbocycles. The van der Waals surface area contributed by atoms with Gasteiger partial charge in [-0.15, -0.1) is 13.2 Å². The third kappa shape index (κ3) is 2.95. The van der Waals surface area contributed by atoms with E-state index in [1.165, 1.54) is 0 Å². The molecule has 0 spiro atoms. The van der Waals surface area contributed by atoms with Crippen LogP contribution in [0.3, 0.4) is 0 Å². The van der Waals surface area contributed by atoms with Gasteiger partial charge in [-0.25, -0.2) is 0 Å². The van der Waals surface area contributed by atoms with Gasteiger partial charge in [-0.3, -0.25) is 0 Å². The summed E-state index contributed by atoms with van der Waals surface area (Å²) in [6.45, 7) is 7.76. The van der Waals surface area contributed by atoms with Crippen LogP contribution in [-0.2, 0) is 9.47 Å². The van der Waals surface area contributed by atoms with Gasteiger partial charge in [0.15, 0.2) is 6.29 Å². The van der Waals surface area contributed by atoms with E-state index in [9.17, 15) is 5.11 Å². The van der Waals surface area contributed by atoms with E-state index >= 15 is 0 Å². The van der Waals surface area contributed by atoms with Crippen molar-refractivity contribution < 1.29 is 14.6 Å². The zero-order valence-electron chi connectivity index (χ0n) is 7.74. The van der Waals surface area contributed by atoms with Crippen LogP contribution in [0.2, 0.25) is 0 Å². The first-order valence-electron chi connectivity index (χ1n) is 4.37. The Morgan fingerprint density at radius 3 is 2.38 bits per heavy atom. The summed E-state index contributed by atoms with van der Waals surface area (Å²) >= 11 is 0. The van der Waals surface area contributed by atoms with Crippen LogP contribution in [-0.4, -0.2) is 30.2 Å². The molecule has 74 valence electrons. The third-order valence-corrected chi connectivity index (χ3v) is 1.96. The summed E-state index contributed by atoms with van der Waals surface area (Å²) in [5.41, 5.74) is -0.889. The molecule has 13 heavy (non-hydrogen) atoms. The monoisotopic (exact) mass is 184 g/mol. The summed E-state index contributed by atoms with van der Waals surface area (Å²) in [4.78, 5) is 0. The van der Waals surface area contributed by atoms with Gasteiger partial charge in [0, 0.05) is 6.42 Å². The Hall–Kier alpha value is -0.640. The normalized spacial score (nSPS) is 34.1. The topological polar surface area (TPSA) is 38.7 Å². The molecule has 3 nitrogen and oxygen atoms in total.